The first-order chi connectivity index (χ1) is 19.5. The second kappa shape index (κ2) is 9.60. The van der Waals surface area contributed by atoms with Crippen LogP contribution in [0, 0.1) is 34.0 Å². The van der Waals surface area contributed by atoms with Crippen LogP contribution in [-0.2, 0) is 47.7 Å². The molecule has 5 rings (SSSR count). The van der Waals surface area contributed by atoms with Gasteiger partial charge in [-0.15, -0.1) is 0 Å². The van der Waals surface area contributed by atoms with Crippen molar-refractivity contribution in [2.24, 2.45) is 34.0 Å². The molecule has 0 bridgehead atoms. The van der Waals surface area contributed by atoms with Gasteiger partial charge in [0.15, 0.2) is 5.78 Å². The number of ether oxygens (including phenoxy) is 5. The van der Waals surface area contributed by atoms with Gasteiger partial charge in [-0.3, -0.25) is 19.2 Å². The highest BCUT2D eigenvalue weighted by Crippen LogP contribution is 2.76. The summed E-state index contributed by atoms with van der Waals surface area (Å²) in [7, 11) is 1.27. The van der Waals surface area contributed by atoms with Gasteiger partial charge in [-0.05, 0) is 30.1 Å². The molecule has 10 atom stereocenters. The number of hydrogen-bond donors (Lipinski definition) is 1. The summed E-state index contributed by atoms with van der Waals surface area (Å²) in [6, 6.07) is 0. The van der Waals surface area contributed by atoms with Crippen LogP contribution < -0.4 is 0 Å². The minimum Gasteiger partial charge on any atom is -0.469 e. The molecule has 11 heteroatoms. The molecule has 1 N–H and O–H groups in total. The maximum absolute atomic E-state index is 13.2. The fourth-order valence-electron chi connectivity index (χ4n) is 8.72. The zero-order valence-electron chi connectivity index (χ0n) is 24.9. The Balaban J connectivity index is 1.73. The normalized spacial score (nSPS) is 43.1. The first kappa shape index (κ1) is 30.2. The van der Waals surface area contributed by atoms with E-state index in [4.69, 9.17) is 23.7 Å². The van der Waals surface area contributed by atoms with Crippen molar-refractivity contribution in [3.8, 4) is 0 Å². The lowest BCUT2D eigenvalue weighted by molar-refractivity contribution is -0.209. The maximum Gasteiger partial charge on any atom is 0.336 e. The third kappa shape index (κ3) is 3.96. The number of carbonyl (C=O) groups excluding carboxylic acids is 5. The van der Waals surface area contributed by atoms with Crippen molar-refractivity contribution in [1.82, 2.24) is 0 Å². The summed E-state index contributed by atoms with van der Waals surface area (Å²) in [5.74, 6) is -4.68. The molecule has 3 fully saturated rings. The number of esters is 4. The van der Waals surface area contributed by atoms with E-state index in [1.165, 1.54) is 33.1 Å². The predicted octanol–water partition coefficient (Wildman–Crippen LogP) is 2.35. The van der Waals surface area contributed by atoms with Gasteiger partial charge >= 0.3 is 23.9 Å². The first-order valence-electron chi connectivity index (χ1n) is 14.1. The van der Waals surface area contributed by atoms with Gasteiger partial charge in [0.2, 0.25) is 6.29 Å². The quantitative estimate of drug-likeness (QED) is 0.211. The van der Waals surface area contributed by atoms with E-state index >= 15 is 0 Å². The summed E-state index contributed by atoms with van der Waals surface area (Å²) in [5, 5.41) is 10.1. The minimum atomic E-state index is -1.41. The highest BCUT2D eigenvalue weighted by Gasteiger charge is 2.84. The van der Waals surface area contributed by atoms with Crippen LogP contribution >= 0.6 is 0 Å². The number of aliphatic hydroxyl groups excluding tert-OH is 1. The molecule has 3 aliphatic carbocycles. The van der Waals surface area contributed by atoms with E-state index in [2.05, 4.69) is 6.58 Å². The molecule has 228 valence electrons. The Labute approximate surface area is 244 Å². The van der Waals surface area contributed by atoms with E-state index < -0.39 is 88.1 Å². The third-order valence-electron chi connectivity index (χ3n) is 10.6. The fourth-order valence-corrected chi connectivity index (χ4v) is 8.72. The van der Waals surface area contributed by atoms with Crippen LogP contribution in [0.3, 0.4) is 0 Å². The van der Waals surface area contributed by atoms with Crippen molar-refractivity contribution >= 4 is 29.7 Å². The fraction of sp³-hybridized carbons (Fsp3) is 0.645. The lowest BCUT2D eigenvalue weighted by Crippen LogP contribution is -2.67. The highest BCUT2D eigenvalue weighted by atomic mass is 16.6. The molecule has 0 aromatic carbocycles. The van der Waals surface area contributed by atoms with E-state index in [0.717, 1.165) is 0 Å². The average molecular weight is 587 g/mol. The van der Waals surface area contributed by atoms with Gasteiger partial charge < -0.3 is 28.8 Å². The molecule has 0 aromatic rings. The summed E-state index contributed by atoms with van der Waals surface area (Å²) in [6.07, 6.45) is 0.652. The van der Waals surface area contributed by atoms with Crippen LogP contribution in [-0.4, -0.2) is 72.1 Å². The van der Waals surface area contributed by atoms with Gasteiger partial charge in [0.25, 0.3) is 0 Å². The molecule has 2 aliphatic heterocycles. The Kier molecular flexibility index (Phi) is 6.89. The summed E-state index contributed by atoms with van der Waals surface area (Å²) in [5.41, 5.74) is -3.55. The van der Waals surface area contributed by atoms with Gasteiger partial charge in [-0.25, -0.2) is 4.79 Å². The number of epoxide rings is 1. The molecule has 2 saturated carbocycles. The molecule has 1 saturated heterocycles. The highest BCUT2D eigenvalue weighted by molar-refractivity contribution is 5.96. The average Bonchev–Trinajstić information content (AvgIpc) is 3.44. The molecule has 5 aliphatic rings. The van der Waals surface area contributed by atoms with Crippen molar-refractivity contribution in [3.05, 3.63) is 36.0 Å². The molecule has 11 nitrogen and oxygen atoms in total. The Morgan fingerprint density at radius 2 is 1.74 bits per heavy atom. The zero-order valence-corrected chi connectivity index (χ0v) is 24.9. The van der Waals surface area contributed by atoms with Crippen molar-refractivity contribution in [1.29, 1.82) is 0 Å². The molecule has 1 spiro atoms. The molecular formula is C31H38O11. The second-order valence-corrected chi connectivity index (χ2v) is 13.1. The SMILES string of the molecule is C=C1[C@H]([C@@]2(C)C=CC(=O)C(C)(C)[C@@H]2CC(=O)OC)[C@@H](OC(C)=O)[C@H](OC(C)=O)[C@@]2(C)[C@H](C3=C[C@@H](O)OC3=O)C[C@H]3O[C@]132. The number of ketones is 1. The third-order valence-corrected chi connectivity index (χ3v) is 10.6. The van der Waals surface area contributed by atoms with Gasteiger partial charge in [0.05, 0.1) is 25.0 Å². The summed E-state index contributed by atoms with van der Waals surface area (Å²) in [4.78, 5) is 64.1. The van der Waals surface area contributed by atoms with Gasteiger partial charge in [-0.2, -0.15) is 0 Å². The standard InChI is InChI=1S/C31H38O11/c1-14-24(29(6)10-9-20(34)28(4,5)19(29)13-22(35)38-8)25(39-15(2)32)26(40-16(3)33)30(7)18(12-21-31(14,30)42-21)17-11-23(36)41-27(17)37/h9-11,18-19,21,23-26,36H,1,12-13H2,2-8H3/t18-,19-,21+,23-,24-,25+,26-,29-,30+,31+/m0/s1. The zero-order chi connectivity index (χ0) is 31.2. The van der Waals surface area contributed by atoms with Crippen molar-refractivity contribution in [2.45, 2.75) is 84.6 Å². The molecule has 0 amide bonds. The van der Waals surface area contributed by atoms with Crippen LogP contribution in [0.5, 0.6) is 0 Å². The van der Waals surface area contributed by atoms with Crippen molar-refractivity contribution in [2.75, 3.05) is 7.11 Å². The number of rotatable bonds is 6. The second-order valence-electron chi connectivity index (χ2n) is 13.1. The largest absolute Gasteiger partial charge is 0.469 e. The van der Waals surface area contributed by atoms with E-state index in [1.54, 1.807) is 19.9 Å². The molecular weight excluding hydrogens is 548 g/mol. The molecule has 0 radical (unpaired) electrons. The van der Waals surface area contributed by atoms with E-state index in [-0.39, 0.29) is 17.8 Å². The molecule has 2 heterocycles. The Bertz CT molecular complexity index is 1340. The van der Waals surface area contributed by atoms with Gasteiger partial charge in [0.1, 0.15) is 17.8 Å². The summed E-state index contributed by atoms with van der Waals surface area (Å²) < 4.78 is 28.5. The van der Waals surface area contributed by atoms with Crippen molar-refractivity contribution in [3.63, 3.8) is 0 Å². The number of cyclic esters (lactones) is 1. The predicted molar refractivity (Wildman–Crippen MR) is 144 cm³/mol. The van der Waals surface area contributed by atoms with E-state index in [0.29, 0.717) is 12.0 Å². The van der Waals surface area contributed by atoms with Gasteiger partial charge in [0, 0.05) is 42.1 Å². The Morgan fingerprint density at radius 1 is 1.10 bits per heavy atom. The smallest absolute Gasteiger partial charge is 0.336 e. The molecule has 42 heavy (non-hydrogen) atoms. The van der Waals surface area contributed by atoms with Crippen molar-refractivity contribution < 1.29 is 52.8 Å². The lowest BCUT2D eigenvalue weighted by Gasteiger charge is -2.59. The van der Waals surface area contributed by atoms with Crippen LogP contribution in [0.4, 0.5) is 0 Å². The first-order valence-corrected chi connectivity index (χ1v) is 14.1. The molecule has 0 aromatic heterocycles. The van der Waals surface area contributed by atoms with Crippen LogP contribution in [0.2, 0.25) is 0 Å². The maximum atomic E-state index is 13.2. The number of allylic oxidation sites excluding steroid dienone is 2. The molecule has 0 unspecified atom stereocenters. The summed E-state index contributed by atoms with van der Waals surface area (Å²) >= 11 is 0. The van der Waals surface area contributed by atoms with Gasteiger partial charge in [-0.1, -0.05) is 40.3 Å². The number of methoxy groups -OCH3 is 1. The van der Waals surface area contributed by atoms with Crippen LogP contribution in [0.15, 0.2) is 36.0 Å². The van der Waals surface area contributed by atoms with Crippen LogP contribution in [0.25, 0.3) is 0 Å². The number of carbonyl (C=O) groups is 5. The monoisotopic (exact) mass is 586 g/mol. The topological polar surface area (TPSA) is 155 Å². The number of aliphatic hydroxyl groups is 1. The Morgan fingerprint density at radius 3 is 2.29 bits per heavy atom. The van der Waals surface area contributed by atoms with E-state index in [1.807, 2.05) is 13.8 Å². The van der Waals surface area contributed by atoms with E-state index in [9.17, 15) is 29.1 Å². The lowest BCUT2D eigenvalue weighted by atomic mass is 9.46. The number of hydrogen-bond acceptors (Lipinski definition) is 11. The van der Waals surface area contributed by atoms with Crippen LogP contribution in [0.1, 0.15) is 54.4 Å². The minimum absolute atomic E-state index is 0.112. The Hall–Kier alpha value is -3.31. The summed E-state index contributed by atoms with van der Waals surface area (Å²) in [6.45, 7) is 14.2.